The molecule has 0 fully saturated rings. The van der Waals surface area contributed by atoms with E-state index >= 15 is 0 Å². The number of hydrogen-bond donors (Lipinski definition) is 0. The molecule has 0 aromatic carbocycles. The third-order valence-corrected chi connectivity index (χ3v) is 4.26. The zero-order valence-electron chi connectivity index (χ0n) is 15.0. The predicted molar refractivity (Wildman–Crippen MR) is 93.4 cm³/mol. The van der Waals surface area contributed by atoms with Crippen molar-refractivity contribution in [3.05, 3.63) is 41.0 Å². The molecule has 130 valence electrons. The van der Waals surface area contributed by atoms with Crippen LogP contribution in [0, 0.1) is 13.8 Å². The van der Waals surface area contributed by atoms with Crippen LogP contribution in [0.25, 0.3) is 11.2 Å². The van der Waals surface area contributed by atoms with Gasteiger partial charge in [-0.3, -0.25) is 9.78 Å². The van der Waals surface area contributed by atoms with Gasteiger partial charge < -0.3 is 14.0 Å². The maximum Gasteiger partial charge on any atom is 0.215 e. The molecule has 0 radical (unpaired) electrons. The molecule has 0 atom stereocenters. The van der Waals surface area contributed by atoms with E-state index in [2.05, 4.69) is 15.0 Å². The summed E-state index contributed by atoms with van der Waals surface area (Å²) in [5.74, 6) is 1.44. The third-order valence-electron chi connectivity index (χ3n) is 4.26. The van der Waals surface area contributed by atoms with E-state index in [0.29, 0.717) is 23.0 Å². The Kier molecular flexibility index (Phi) is 4.39. The number of aromatic nitrogens is 4. The lowest BCUT2D eigenvalue weighted by Crippen LogP contribution is -2.13. The van der Waals surface area contributed by atoms with Crippen molar-refractivity contribution < 1.29 is 14.3 Å². The number of rotatable bonds is 5. The standard InChI is InChI=1S/C18H20N4O3/c1-10-9-19-12(11(2)16(10)25-5)8-14(23)18-21-17-13(22(18)3)6-7-15(20-17)24-4/h6-7,9H,8H2,1-5H3. The third kappa shape index (κ3) is 2.93. The van der Waals surface area contributed by atoms with Gasteiger partial charge in [0.1, 0.15) is 5.75 Å². The van der Waals surface area contributed by atoms with Crippen LogP contribution in [0.4, 0.5) is 0 Å². The second-order valence-corrected chi connectivity index (χ2v) is 5.84. The number of carbonyl (C=O) groups is 1. The van der Waals surface area contributed by atoms with Gasteiger partial charge in [0.2, 0.25) is 11.7 Å². The molecule has 0 aliphatic carbocycles. The molecular weight excluding hydrogens is 320 g/mol. The zero-order valence-corrected chi connectivity index (χ0v) is 15.0. The number of Topliss-reactive ketones (excluding diaryl/α,β-unsaturated/α-hetero) is 1. The summed E-state index contributed by atoms with van der Waals surface area (Å²) in [6.45, 7) is 3.83. The highest BCUT2D eigenvalue weighted by Gasteiger charge is 2.20. The Bertz CT molecular complexity index is 963. The van der Waals surface area contributed by atoms with Gasteiger partial charge in [-0.15, -0.1) is 0 Å². The van der Waals surface area contributed by atoms with Crippen molar-refractivity contribution in [2.45, 2.75) is 20.3 Å². The van der Waals surface area contributed by atoms with E-state index in [1.807, 2.05) is 19.9 Å². The average Bonchev–Trinajstić information content (AvgIpc) is 2.94. The van der Waals surface area contributed by atoms with Crippen molar-refractivity contribution >= 4 is 16.9 Å². The van der Waals surface area contributed by atoms with Crippen molar-refractivity contribution in [3.63, 3.8) is 0 Å². The second kappa shape index (κ2) is 6.51. The molecule has 3 aromatic heterocycles. The van der Waals surface area contributed by atoms with Gasteiger partial charge in [0.15, 0.2) is 11.5 Å². The van der Waals surface area contributed by atoms with Gasteiger partial charge in [0, 0.05) is 30.4 Å². The predicted octanol–water partition coefficient (Wildman–Crippen LogP) is 2.42. The lowest BCUT2D eigenvalue weighted by atomic mass is 10.1. The largest absolute Gasteiger partial charge is 0.496 e. The Balaban J connectivity index is 1.97. The van der Waals surface area contributed by atoms with Gasteiger partial charge in [0.25, 0.3) is 0 Å². The number of carbonyl (C=O) groups excluding carboxylic acids is 1. The molecule has 0 aliphatic heterocycles. The maximum absolute atomic E-state index is 12.8. The Morgan fingerprint density at radius 1 is 1.16 bits per heavy atom. The van der Waals surface area contributed by atoms with Crippen LogP contribution in [0.1, 0.15) is 27.4 Å². The number of hydrogen-bond acceptors (Lipinski definition) is 6. The van der Waals surface area contributed by atoms with Crippen LogP contribution >= 0.6 is 0 Å². The van der Waals surface area contributed by atoms with Gasteiger partial charge in [-0.25, -0.2) is 4.98 Å². The minimum Gasteiger partial charge on any atom is -0.496 e. The number of ether oxygens (including phenoxy) is 2. The molecule has 0 saturated carbocycles. The highest BCUT2D eigenvalue weighted by atomic mass is 16.5. The van der Waals surface area contributed by atoms with Crippen LogP contribution in [0.2, 0.25) is 0 Å². The monoisotopic (exact) mass is 340 g/mol. The molecule has 0 amide bonds. The number of nitrogens with zero attached hydrogens (tertiary/aromatic N) is 4. The van der Waals surface area contributed by atoms with E-state index < -0.39 is 0 Å². The lowest BCUT2D eigenvalue weighted by molar-refractivity contribution is 0.0979. The molecule has 0 spiro atoms. The van der Waals surface area contributed by atoms with Crippen molar-refractivity contribution in [1.82, 2.24) is 19.5 Å². The highest BCUT2D eigenvalue weighted by molar-refractivity contribution is 5.97. The molecule has 3 aromatic rings. The number of fused-ring (bicyclic) bond motifs is 1. The Labute approximate surface area is 145 Å². The SMILES string of the molecule is COc1ccc2c(n1)nc(C(=O)Cc1ncc(C)c(OC)c1C)n2C. The van der Waals surface area contributed by atoms with Gasteiger partial charge >= 0.3 is 0 Å². The number of imidazole rings is 1. The van der Waals surface area contributed by atoms with Crippen LogP contribution in [0.15, 0.2) is 18.3 Å². The summed E-state index contributed by atoms with van der Waals surface area (Å²) in [5.41, 5.74) is 3.75. The number of methoxy groups -OCH3 is 2. The zero-order chi connectivity index (χ0) is 18.1. The molecule has 7 heteroatoms. The summed E-state index contributed by atoms with van der Waals surface area (Å²) in [6.07, 6.45) is 1.87. The first-order valence-electron chi connectivity index (χ1n) is 7.86. The summed E-state index contributed by atoms with van der Waals surface area (Å²) in [7, 11) is 4.96. The van der Waals surface area contributed by atoms with Gasteiger partial charge in [-0.05, 0) is 19.9 Å². The van der Waals surface area contributed by atoms with Crippen LogP contribution in [0.3, 0.4) is 0 Å². The molecule has 0 N–H and O–H groups in total. The van der Waals surface area contributed by atoms with Gasteiger partial charge in [-0.1, -0.05) is 0 Å². The Hall–Kier alpha value is -2.96. The minimum atomic E-state index is -0.124. The topological polar surface area (TPSA) is 79.1 Å². The Morgan fingerprint density at radius 2 is 1.92 bits per heavy atom. The first kappa shape index (κ1) is 16.9. The van der Waals surface area contributed by atoms with Crippen molar-refractivity contribution in [2.24, 2.45) is 7.05 Å². The first-order chi connectivity index (χ1) is 12.0. The van der Waals surface area contributed by atoms with E-state index in [1.165, 1.54) is 0 Å². The van der Waals surface area contributed by atoms with Crippen LogP contribution in [0.5, 0.6) is 11.6 Å². The van der Waals surface area contributed by atoms with E-state index in [-0.39, 0.29) is 12.2 Å². The number of ketones is 1. The van der Waals surface area contributed by atoms with Gasteiger partial charge in [-0.2, -0.15) is 4.98 Å². The molecule has 25 heavy (non-hydrogen) atoms. The quantitative estimate of drug-likeness (QED) is 0.664. The molecule has 3 heterocycles. The van der Waals surface area contributed by atoms with E-state index in [0.717, 1.165) is 22.4 Å². The average molecular weight is 340 g/mol. The molecule has 0 saturated heterocycles. The summed E-state index contributed by atoms with van der Waals surface area (Å²) in [6, 6.07) is 3.58. The van der Waals surface area contributed by atoms with Crippen molar-refractivity contribution in [2.75, 3.05) is 14.2 Å². The van der Waals surface area contributed by atoms with Crippen molar-refractivity contribution in [3.8, 4) is 11.6 Å². The molecule has 3 rings (SSSR count). The van der Waals surface area contributed by atoms with Crippen LogP contribution in [-0.4, -0.2) is 39.5 Å². The van der Waals surface area contributed by atoms with Gasteiger partial charge in [0.05, 0.1) is 31.9 Å². The lowest BCUT2D eigenvalue weighted by Gasteiger charge is -2.11. The second-order valence-electron chi connectivity index (χ2n) is 5.84. The summed E-state index contributed by atoms with van der Waals surface area (Å²) >= 11 is 0. The van der Waals surface area contributed by atoms with Crippen molar-refractivity contribution in [1.29, 1.82) is 0 Å². The Morgan fingerprint density at radius 3 is 2.60 bits per heavy atom. The van der Waals surface area contributed by atoms with Crippen LogP contribution < -0.4 is 9.47 Å². The highest BCUT2D eigenvalue weighted by Crippen LogP contribution is 2.25. The van der Waals surface area contributed by atoms with E-state index in [1.54, 1.807) is 38.1 Å². The fourth-order valence-corrected chi connectivity index (χ4v) is 2.90. The minimum absolute atomic E-state index is 0.124. The molecular formula is C18H20N4O3. The molecule has 7 nitrogen and oxygen atoms in total. The normalized spacial score (nSPS) is 10.9. The van der Waals surface area contributed by atoms with Crippen LogP contribution in [-0.2, 0) is 13.5 Å². The smallest absolute Gasteiger partial charge is 0.215 e. The van der Waals surface area contributed by atoms with E-state index in [4.69, 9.17) is 9.47 Å². The molecule has 0 aliphatic rings. The summed E-state index contributed by atoms with van der Waals surface area (Å²) in [4.78, 5) is 25.8. The number of aryl methyl sites for hydroxylation is 2. The fraction of sp³-hybridized carbons (Fsp3) is 0.333. The summed E-state index contributed by atoms with van der Waals surface area (Å²) in [5, 5.41) is 0. The molecule has 0 bridgehead atoms. The first-order valence-corrected chi connectivity index (χ1v) is 7.86. The fourth-order valence-electron chi connectivity index (χ4n) is 2.90. The summed E-state index contributed by atoms with van der Waals surface area (Å²) < 4.78 is 12.3. The molecule has 0 unspecified atom stereocenters. The maximum atomic E-state index is 12.8. The number of pyridine rings is 2. The van der Waals surface area contributed by atoms with E-state index in [9.17, 15) is 4.79 Å².